The summed E-state index contributed by atoms with van der Waals surface area (Å²) in [6.45, 7) is 5.64. The molecule has 1 aromatic heterocycles. The fourth-order valence-electron chi connectivity index (χ4n) is 3.98. The van der Waals surface area contributed by atoms with Crippen molar-refractivity contribution in [2.45, 2.75) is 22.6 Å². The molecule has 9 heteroatoms. The average Bonchev–Trinajstić information content (AvgIpc) is 3.49. The number of hydrogen-bond donors (Lipinski definition) is 0. The van der Waals surface area contributed by atoms with Crippen LogP contribution in [0.3, 0.4) is 0 Å². The Balaban J connectivity index is 1.21. The summed E-state index contributed by atoms with van der Waals surface area (Å²) in [6.07, 6.45) is 0. The zero-order valence-electron chi connectivity index (χ0n) is 18.2. The number of benzene rings is 2. The normalized spacial score (nSPS) is 16.2. The van der Waals surface area contributed by atoms with Gasteiger partial charge >= 0.3 is 0 Å². The van der Waals surface area contributed by atoms with Crippen LogP contribution in [0.1, 0.15) is 20.8 Å². The van der Waals surface area contributed by atoms with E-state index in [4.69, 9.17) is 9.47 Å². The van der Waals surface area contributed by atoms with E-state index in [9.17, 15) is 13.2 Å². The van der Waals surface area contributed by atoms with Gasteiger partial charge in [-0.1, -0.05) is 23.8 Å². The SMILES string of the molecule is Cc1ccc(S(=O)(=O)c2ccc(C(=O)N3CCN(Cc4ccc5c(c4)OCO5)CC3)s2)cc1. The van der Waals surface area contributed by atoms with Gasteiger partial charge in [0, 0.05) is 32.7 Å². The monoisotopic (exact) mass is 484 g/mol. The van der Waals surface area contributed by atoms with Crippen molar-refractivity contribution in [2.24, 2.45) is 0 Å². The van der Waals surface area contributed by atoms with E-state index in [1.807, 2.05) is 25.1 Å². The number of carbonyl (C=O) groups is 1. The molecule has 0 bridgehead atoms. The molecule has 3 heterocycles. The third kappa shape index (κ3) is 4.48. The van der Waals surface area contributed by atoms with Crippen LogP contribution in [0.4, 0.5) is 0 Å². The van der Waals surface area contributed by atoms with E-state index < -0.39 is 9.84 Å². The molecule has 1 fully saturated rings. The second-order valence-electron chi connectivity index (χ2n) is 8.19. The number of nitrogens with zero attached hydrogens (tertiary/aromatic N) is 2. The number of rotatable bonds is 5. The molecule has 0 radical (unpaired) electrons. The Morgan fingerprint density at radius 1 is 0.939 bits per heavy atom. The van der Waals surface area contributed by atoms with Crippen LogP contribution in [0.15, 0.2) is 63.7 Å². The van der Waals surface area contributed by atoms with E-state index >= 15 is 0 Å². The first-order valence-electron chi connectivity index (χ1n) is 10.7. The van der Waals surface area contributed by atoms with Crippen LogP contribution in [-0.4, -0.2) is 57.1 Å². The Morgan fingerprint density at radius 2 is 1.67 bits per heavy atom. The molecule has 33 heavy (non-hydrogen) atoms. The Kier molecular flexibility index (Phi) is 5.86. The molecular formula is C24H24N2O5S2. The summed E-state index contributed by atoms with van der Waals surface area (Å²) in [5.74, 6) is 1.43. The maximum atomic E-state index is 13.0. The van der Waals surface area contributed by atoms with Crippen LogP contribution in [0, 0.1) is 6.92 Å². The predicted octanol–water partition coefficient (Wildman–Crippen LogP) is 3.58. The van der Waals surface area contributed by atoms with Crippen LogP contribution in [0.5, 0.6) is 11.5 Å². The molecule has 5 rings (SSSR count). The number of thiophene rings is 1. The van der Waals surface area contributed by atoms with Gasteiger partial charge < -0.3 is 14.4 Å². The minimum absolute atomic E-state index is 0.118. The van der Waals surface area contributed by atoms with Crippen molar-refractivity contribution in [3.63, 3.8) is 0 Å². The lowest BCUT2D eigenvalue weighted by Crippen LogP contribution is -2.48. The number of ether oxygens (including phenoxy) is 2. The predicted molar refractivity (Wildman–Crippen MR) is 125 cm³/mol. The Labute approximate surface area is 197 Å². The van der Waals surface area contributed by atoms with E-state index in [1.165, 1.54) is 6.07 Å². The van der Waals surface area contributed by atoms with Crippen LogP contribution in [0.2, 0.25) is 0 Å². The fourth-order valence-corrected chi connectivity index (χ4v) is 6.65. The molecule has 3 aromatic rings. The maximum absolute atomic E-state index is 13.0. The van der Waals surface area contributed by atoms with Gasteiger partial charge in [-0.3, -0.25) is 9.69 Å². The lowest BCUT2D eigenvalue weighted by molar-refractivity contribution is 0.0633. The molecule has 1 amide bonds. The molecule has 172 valence electrons. The van der Waals surface area contributed by atoms with Gasteiger partial charge in [-0.25, -0.2) is 8.42 Å². The van der Waals surface area contributed by atoms with E-state index in [2.05, 4.69) is 4.90 Å². The van der Waals surface area contributed by atoms with Gasteiger partial charge in [0.1, 0.15) is 4.21 Å². The summed E-state index contributed by atoms with van der Waals surface area (Å²) in [5.41, 5.74) is 2.14. The molecule has 2 aliphatic heterocycles. The van der Waals surface area contributed by atoms with Crippen molar-refractivity contribution in [1.29, 1.82) is 0 Å². The molecule has 0 N–H and O–H groups in total. The summed E-state index contributed by atoms with van der Waals surface area (Å²) in [5, 5.41) is 0. The average molecular weight is 485 g/mol. The third-order valence-electron chi connectivity index (χ3n) is 5.89. The number of sulfone groups is 1. The van der Waals surface area contributed by atoms with Gasteiger partial charge in [0.15, 0.2) is 11.5 Å². The van der Waals surface area contributed by atoms with Crippen LogP contribution in [0.25, 0.3) is 0 Å². The highest BCUT2D eigenvalue weighted by Crippen LogP contribution is 2.33. The lowest BCUT2D eigenvalue weighted by Gasteiger charge is -2.34. The van der Waals surface area contributed by atoms with Gasteiger partial charge in [0.25, 0.3) is 5.91 Å². The van der Waals surface area contributed by atoms with E-state index in [1.54, 1.807) is 35.2 Å². The molecule has 2 aliphatic rings. The fraction of sp³-hybridized carbons (Fsp3) is 0.292. The topological polar surface area (TPSA) is 76.2 Å². The lowest BCUT2D eigenvalue weighted by atomic mass is 10.1. The molecule has 1 saturated heterocycles. The van der Waals surface area contributed by atoms with Crippen LogP contribution < -0.4 is 9.47 Å². The first-order valence-corrected chi connectivity index (χ1v) is 13.0. The third-order valence-corrected chi connectivity index (χ3v) is 9.23. The minimum Gasteiger partial charge on any atom is -0.454 e. The van der Waals surface area contributed by atoms with Gasteiger partial charge in [-0.2, -0.15) is 0 Å². The van der Waals surface area contributed by atoms with Crippen molar-refractivity contribution < 1.29 is 22.7 Å². The maximum Gasteiger partial charge on any atom is 0.264 e. The van der Waals surface area contributed by atoms with Crippen molar-refractivity contribution in [1.82, 2.24) is 9.80 Å². The summed E-state index contributed by atoms with van der Waals surface area (Å²) < 4.78 is 36.8. The standard InChI is InChI=1S/C24H24N2O5S2/c1-17-2-5-19(6-3-17)33(28,29)23-9-8-22(32-23)24(27)26-12-10-25(11-13-26)15-18-4-7-20-21(14-18)31-16-30-20/h2-9,14H,10-13,15-16H2,1H3. The second-order valence-corrected chi connectivity index (χ2v) is 11.5. The zero-order chi connectivity index (χ0) is 23.0. The van der Waals surface area contributed by atoms with E-state index in [-0.39, 0.29) is 21.8 Å². The number of carbonyl (C=O) groups excluding carboxylic acids is 1. The molecule has 0 unspecified atom stereocenters. The number of amides is 1. The quantitative estimate of drug-likeness (QED) is 0.551. The first kappa shape index (κ1) is 21.9. The molecule has 7 nitrogen and oxygen atoms in total. The molecule has 0 aliphatic carbocycles. The zero-order valence-corrected chi connectivity index (χ0v) is 19.8. The highest BCUT2D eigenvalue weighted by molar-refractivity contribution is 7.93. The Bertz CT molecular complexity index is 1280. The number of hydrogen-bond acceptors (Lipinski definition) is 7. The van der Waals surface area contributed by atoms with E-state index in [0.29, 0.717) is 18.0 Å². The van der Waals surface area contributed by atoms with Crippen molar-refractivity contribution in [3.05, 3.63) is 70.6 Å². The number of fused-ring (bicyclic) bond motifs is 1. The Hall–Kier alpha value is -2.88. The highest BCUT2D eigenvalue weighted by atomic mass is 32.2. The van der Waals surface area contributed by atoms with Crippen LogP contribution in [-0.2, 0) is 16.4 Å². The Morgan fingerprint density at radius 3 is 2.42 bits per heavy atom. The minimum atomic E-state index is -3.63. The van der Waals surface area contributed by atoms with Crippen molar-refractivity contribution in [3.8, 4) is 11.5 Å². The molecule has 2 aromatic carbocycles. The second kappa shape index (κ2) is 8.81. The van der Waals surface area contributed by atoms with Gasteiger partial charge in [0.05, 0.1) is 9.77 Å². The number of aryl methyl sites for hydroxylation is 1. The smallest absolute Gasteiger partial charge is 0.264 e. The van der Waals surface area contributed by atoms with Gasteiger partial charge in [-0.15, -0.1) is 11.3 Å². The van der Waals surface area contributed by atoms with Crippen molar-refractivity contribution in [2.75, 3.05) is 33.0 Å². The summed E-state index contributed by atoms with van der Waals surface area (Å²) in [4.78, 5) is 17.8. The van der Waals surface area contributed by atoms with Gasteiger partial charge in [0.2, 0.25) is 16.6 Å². The van der Waals surface area contributed by atoms with Crippen LogP contribution >= 0.6 is 11.3 Å². The van der Waals surface area contributed by atoms with Crippen molar-refractivity contribution >= 4 is 27.1 Å². The van der Waals surface area contributed by atoms with E-state index in [0.717, 1.165) is 53.6 Å². The van der Waals surface area contributed by atoms with Gasteiger partial charge in [-0.05, 0) is 48.9 Å². The summed E-state index contributed by atoms with van der Waals surface area (Å²) >= 11 is 1.04. The molecule has 0 atom stereocenters. The highest BCUT2D eigenvalue weighted by Gasteiger charge is 2.26. The summed E-state index contributed by atoms with van der Waals surface area (Å²) in [6, 6.07) is 15.9. The number of piperazine rings is 1. The molecule has 0 saturated carbocycles. The molecular weight excluding hydrogens is 460 g/mol. The summed E-state index contributed by atoms with van der Waals surface area (Å²) in [7, 11) is -3.63. The first-order chi connectivity index (χ1) is 15.9. The largest absolute Gasteiger partial charge is 0.454 e. The molecule has 0 spiro atoms.